The molecule has 0 radical (unpaired) electrons. The first-order valence-corrected chi connectivity index (χ1v) is 9.46. The summed E-state index contributed by atoms with van der Waals surface area (Å²) in [6.07, 6.45) is 10.3. The Morgan fingerprint density at radius 1 is 0.640 bits per heavy atom. The standard InChI is InChI=1S/3C5H7NO2.Al/c3*7-5(8)6-3-1-2-4-6;/h3*1,3H,2,4H2,(H,7,8);/q;;;+3/p-3. The number of amides is 3. The van der Waals surface area contributed by atoms with Crippen LogP contribution >= 0.6 is 0 Å². The van der Waals surface area contributed by atoms with Crippen molar-refractivity contribution in [3.05, 3.63) is 36.8 Å². The molecule has 0 fully saturated rings. The molecule has 0 saturated heterocycles. The molecule has 25 heavy (non-hydrogen) atoms. The number of rotatable bonds is 3. The van der Waals surface area contributed by atoms with E-state index >= 15 is 0 Å². The van der Waals surface area contributed by atoms with Gasteiger partial charge in [-0.05, 0) is 19.3 Å². The molecule has 3 amide bonds. The van der Waals surface area contributed by atoms with Crippen molar-refractivity contribution in [2.24, 2.45) is 0 Å². The van der Waals surface area contributed by atoms with Crippen LogP contribution in [0.15, 0.2) is 36.8 Å². The minimum absolute atomic E-state index is 0.478. The molecule has 0 atom stereocenters. The lowest BCUT2D eigenvalue weighted by atomic mass is 10.5. The van der Waals surface area contributed by atoms with E-state index in [1.54, 1.807) is 18.6 Å². The number of hydrogen-bond acceptors (Lipinski definition) is 6. The highest BCUT2D eigenvalue weighted by Gasteiger charge is 2.51. The molecule has 132 valence electrons. The lowest BCUT2D eigenvalue weighted by Crippen LogP contribution is -2.42. The number of nitrogens with zero attached hydrogens (tertiary/aromatic N) is 3. The van der Waals surface area contributed by atoms with Gasteiger partial charge in [0.1, 0.15) is 0 Å². The Kier molecular flexibility index (Phi) is 5.63. The average Bonchev–Trinajstić information content (AvgIpc) is 3.38. The quantitative estimate of drug-likeness (QED) is 0.713. The van der Waals surface area contributed by atoms with E-state index in [1.807, 2.05) is 18.2 Å². The van der Waals surface area contributed by atoms with Gasteiger partial charge in [0.15, 0.2) is 0 Å². The van der Waals surface area contributed by atoms with Crippen molar-refractivity contribution in [2.45, 2.75) is 19.3 Å². The first kappa shape index (κ1) is 17.4. The lowest BCUT2D eigenvalue weighted by molar-refractivity contribution is 0.101. The summed E-state index contributed by atoms with van der Waals surface area (Å²) in [7, 11) is 0. The molecule has 0 spiro atoms. The van der Waals surface area contributed by atoms with Crippen LogP contribution < -0.4 is 0 Å². The third-order valence-electron chi connectivity index (χ3n) is 3.76. The van der Waals surface area contributed by atoms with E-state index in [-0.39, 0.29) is 0 Å². The second-order valence-corrected chi connectivity index (χ2v) is 6.82. The predicted octanol–water partition coefficient (Wildman–Crippen LogP) is 2.04. The molecule has 0 aromatic rings. The van der Waals surface area contributed by atoms with Gasteiger partial charge in [-0.15, -0.1) is 0 Å². The zero-order valence-corrected chi connectivity index (χ0v) is 14.7. The molecular weight excluding hydrogens is 345 g/mol. The average molecular weight is 363 g/mol. The minimum Gasteiger partial charge on any atom is -0.534 e. The maximum Gasteiger partial charge on any atom is 1.21 e. The molecule has 9 nitrogen and oxygen atoms in total. The van der Waals surface area contributed by atoms with Crippen LogP contribution in [0.3, 0.4) is 0 Å². The summed E-state index contributed by atoms with van der Waals surface area (Å²) >= 11 is -3.35. The fourth-order valence-electron chi connectivity index (χ4n) is 2.45. The number of carbonyl (C=O) groups is 3. The van der Waals surface area contributed by atoms with Crippen LogP contribution in [0.5, 0.6) is 0 Å². The summed E-state index contributed by atoms with van der Waals surface area (Å²) in [5, 5.41) is 0. The van der Waals surface area contributed by atoms with Crippen molar-refractivity contribution in [3.8, 4) is 0 Å². The molecule has 3 rings (SSSR count). The number of hydrogen-bond donors (Lipinski definition) is 0. The van der Waals surface area contributed by atoms with E-state index in [4.69, 9.17) is 11.4 Å². The van der Waals surface area contributed by atoms with Crippen LogP contribution in [0.2, 0.25) is 0 Å². The van der Waals surface area contributed by atoms with E-state index < -0.39 is 33.4 Å². The van der Waals surface area contributed by atoms with Crippen LogP contribution in [0, 0.1) is 0 Å². The zero-order chi connectivity index (χ0) is 17.6. The third kappa shape index (κ3) is 4.56. The lowest BCUT2D eigenvalue weighted by Gasteiger charge is -2.21. The molecule has 0 aromatic carbocycles. The Labute approximate surface area is 150 Å². The predicted molar refractivity (Wildman–Crippen MR) is 86.6 cm³/mol. The first-order valence-electron chi connectivity index (χ1n) is 8.05. The molecule has 10 heteroatoms. The Morgan fingerprint density at radius 3 is 1.20 bits per heavy atom. The highest BCUT2D eigenvalue weighted by molar-refractivity contribution is 6.43. The highest BCUT2D eigenvalue weighted by atomic mass is 27.3. The Morgan fingerprint density at radius 2 is 0.960 bits per heavy atom. The second-order valence-electron chi connectivity index (χ2n) is 5.54. The van der Waals surface area contributed by atoms with Gasteiger partial charge in [-0.3, -0.25) is 14.7 Å². The van der Waals surface area contributed by atoms with E-state index in [1.165, 1.54) is 14.7 Å². The monoisotopic (exact) mass is 363 g/mol. The van der Waals surface area contributed by atoms with E-state index in [0.29, 0.717) is 19.6 Å². The summed E-state index contributed by atoms with van der Waals surface area (Å²) in [5.41, 5.74) is 0. The van der Waals surface area contributed by atoms with Gasteiger partial charge >= 0.3 is 33.4 Å². The van der Waals surface area contributed by atoms with E-state index in [0.717, 1.165) is 19.3 Å². The first-order chi connectivity index (χ1) is 12.1. The molecule has 0 bridgehead atoms. The van der Waals surface area contributed by atoms with Crippen molar-refractivity contribution in [3.63, 3.8) is 0 Å². The van der Waals surface area contributed by atoms with Crippen LogP contribution in [0.1, 0.15) is 19.3 Å². The molecule has 0 saturated carbocycles. The van der Waals surface area contributed by atoms with Crippen molar-refractivity contribution in [2.75, 3.05) is 19.6 Å². The van der Waals surface area contributed by atoms with Gasteiger partial charge in [0.25, 0.3) is 0 Å². The van der Waals surface area contributed by atoms with Gasteiger partial charge in [0.2, 0.25) is 0 Å². The van der Waals surface area contributed by atoms with Crippen LogP contribution in [0.25, 0.3) is 0 Å². The van der Waals surface area contributed by atoms with Gasteiger partial charge in [-0.2, -0.15) is 0 Å². The largest absolute Gasteiger partial charge is 1.21 e. The highest BCUT2D eigenvalue weighted by Crippen LogP contribution is 2.13. The molecule has 0 unspecified atom stereocenters. The van der Waals surface area contributed by atoms with Gasteiger partial charge in [-0.25, -0.2) is 14.4 Å². The van der Waals surface area contributed by atoms with Crippen LogP contribution in [-0.4, -0.2) is 67.8 Å². The Bertz CT molecular complexity index is 549. The second kappa shape index (κ2) is 8.09. The molecule has 3 aliphatic rings. The van der Waals surface area contributed by atoms with Crippen molar-refractivity contribution in [1.29, 1.82) is 0 Å². The Hall–Kier alpha value is -2.44. The van der Waals surface area contributed by atoms with E-state index in [9.17, 15) is 14.4 Å². The summed E-state index contributed by atoms with van der Waals surface area (Å²) < 4.78 is 15.5. The van der Waals surface area contributed by atoms with Crippen molar-refractivity contribution >= 4 is 33.4 Å². The maximum absolute atomic E-state index is 12.1. The van der Waals surface area contributed by atoms with Crippen LogP contribution in [-0.2, 0) is 11.4 Å². The van der Waals surface area contributed by atoms with Crippen molar-refractivity contribution in [1.82, 2.24) is 14.7 Å². The topological polar surface area (TPSA) is 88.6 Å². The Balaban J connectivity index is 1.61. The molecule has 3 heterocycles. The molecule has 3 aliphatic heterocycles. The molecular formula is C15H18AlN3O6. The summed E-state index contributed by atoms with van der Waals surface area (Å²) in [5.74, 6) is 0. The van der Waals surface area contributed by atoms with Crippen molar-refractivity contribution < 1.29 is 25.7 Å². The smallest absolute Gasteiger partial charge is 0.534 e. The van der Waals surface area contributed by atoms with Gasteiger partial charge in [-0.1, -0.05) is 18.2 Å². The molecule has 0 aliphatic carbocycles. The SMILES string of the molecule is O=C([O][Al]([O]C(=O)N1C=CCC1)[O]C(=O)N1C=CCC1)N1C=CCC1. The zero-order valence-electron chi connectivity index (χ0n) is 13.6. The summed E-state index contributed by atoms with van der Waals surface area (Å²) in [4.78, 5) is 40.4. The molecule has 0 N–H and O–H groups in total. The minimum atomic E-state index is -3.35. The van der Waals surface area contributed by atoms with Crippen LogP contribution in [0.4, 0.5) is 14.4 Å². The van der Waals surface area contributed by atoms with Gasteiger partial charge in [0, 0.05) is 38.2 Å². The normalized spacial score (nSPS) is 18.0. The fraction of sp³-hybridized carbons (Fsp3) is 0.400. The van der Waals surface area contributed by atoms with Gasteiger partial charge in [0.05, 0.1) is 0 Å². The number of carbonyl (C=O) groups excluding carboxylic acids is 3. The van der Waals surface area contributed by atoms with E-state index in [2.05, 4.69) is 0 Å². The third-order valence-corrected chi connectivity index (χ3v) is 4.94. The fourth-order valence-corrected chi connectivity index (χ4v) is 3.49. The maximum atomic E-state index is 12.1. The van der Waals surface area contributed by atoms with Gasteiger partial charge < -0.3 is 11.4 Å². The summed E-state index contributed by atoms with van der Waals surface area (Å²) in [6.45, 7) is 1.43. The molecule has 0 aromatic heterocycles. The summed E-state index contributed by atoms with van der Waals surface area (Å²) in [6, 6.07) is 0.